The molecule has 0 amide bonds. The number of nitrogens with zero attached hydrogens (tertiary/aromatic N) is 1. The Morgan fingerprint density at radius 1 is 1.39 bits per heavy atom. The van der Waals surface area contributed by atoms with Crippen molar-refractivity contribution in [3.63, 3.8) is 0 Å². The van der Waals surface area contributed by atoms with Crippen LogP contribution in [0.2, 0.25) is 0 Å². The molecule has 100 valence electrons. The second kappa shape index (κ2) is 5.07. The van der Waals surface area contributed by atoms with Gasteiger partial charge in [-0.1, -0.05) is 0 Å². The molecule has 0 unspecified atom stereocenters. The largest absolute Gasteiger partial charge is 0.481 e. The maximum absolute atomic E-state index is 11.9. The molecule has 1 saturated carbocycles. The van der Waals surface area contributed by atoms with Gasteiger partial charge in [-0.2, -0.15) is 5.10 Å². The van der Waals surface area contributed by atoms with Crippen LogP contribution in [0.1, 0.15) is 25.7 Å². The first kappa shape index (κ1) is 13.0. The lowest BCUT2D eigenvalue weighted by molar-refractivity contribution is -0.142. The van der Waals surface area contributed by atoms with E-state index in [1.165, 1.54) is 12.4 Å². The van der Waals surface area contributed by atoms with Gasteiger partial charge in [-0.05, 0) is 25.7 Å². The Bertz CT molecular complexity index is 503. The molecular weight excluding hydrogens is 258 g/mol. The van der Waals surface area contributed by atoms with Crippen molar-refractivity contribution in [2.24, 2.45) is 5.92 Å². The lowest BCUT2D eigenvalue weighted by atomic mass is 9.87. The Hall–Kier alpha value is -1.41. The summed E-state index contributed by atoms with van der Waals surface area (Å²) in [6, 6.07) is -0.194. The fourth-order valence-electron chi connectivity index (χ4n) is 2.13. The zero-order valence-electron chi connectivity index (χ0n) is 9.67. The van der Waals surface area contributed by atoms with Crippen molar-refractivity contribution in [1.82, 2.24) is 14.9 Å². The highest BCUT2D eigenvalue weighted by atomic mass is 32.2. The van der Waals surface area contributed by atoms with Crippen molar-refractivity contribution in [3.8, 4) is 0 Å². The third-order valence-electron chi connectivity index (χ3n) is 3.18. The van der Waals surface area contributed by atoms with Gasteiger partial charge in [0.05, 0.1) is 12.1 Å². The van der Waals surface area contributed by atoms with Crippen molar-refractivity contribution < 1.29 is 18.3 Å². The van der Waals surface area contributed by atoms with Crippen LogP contribution in [0.3, 0.4) is 0 Å². The average molecular weight is 273 g/mol. The fourth-order valence-corrected chi connectivity index (χ4v) is 3.34. The van der Waals surface area contributed by atoms with Gasteiger partial charge < -0.3 is 5.11 Å². The lowest BCUT2D eigenvalue weighted by Crippen LogP contribution is -2.38. The van der Waals surface area contributed by atoms with E-state index in [0.717, 1.165) is 0 Å². The van der Waals surface area contributed by atoms with Crippen LogP contribution in [0.4, 0.5) is 0 Å². The number of rotatable bonds is 4. The van der Waals surface area contributed by atoms with Crippen molar-refractivity contribution >= 4 is 16.0 Å². The van der Waals surface area contributed by atoms with Gasteiger partial charge in [-0.25, -0.2) is 13.1 Å². The summed E-state index contributed by atoms with van der Waals surface area (Å²) in [5.74, 6) is -1.15. The van der Waals surface area contributed by atoms with Gasteiger partial charge in [0, 0.05) is 12.2 Å². The van der Waals surface area contributed by atoms with Crippen molar-refractivity contribution in [3.05, 3.63) is 12.4 Å². The van der Waals surface area contributed by atoms with E-state index >= 15 is 0 Å². The highest BCUT2D eigenvalue weighted by Gasteiger charge is 2.29. The highest BCUT2D eigenvalue weighted by molar-refractivity contribution is 7.89. The van der Waals surface area contributed by atoms with Crippen LogP contribution in [0.5, 0.6) is 0 Å². The standard InChI is InChI=1S/C10H15N3O4S/c14-10(15)7-1-3-8(4-2-7)13-18(16,17)9-5-11-12-6-9/h5-8,13H,1-4H2,(H,11,12)(H,14,15). The Balaban J connectivity index is 1.94. The van der Waals surface area contributed by atoms with Gasteiger partial charge in [-0.3, -0.25) is 9.89 Å². The second-order valence-electron chi connectivity index (χ2n) is 4.44. The van der Waals surface area contributed by atoms with Crippen LogP contribution in [0.15, 0.2) is 17.3 Å². The maximum Gasteiger partial charge on any atom is 0.306 e. The summed E-state index contributed by atoms with van der Waals surface area (Å²) >= 11 is 0. The molecule has 0 atom stereocenters. The number of aromatic amines is 1. The average Bonchev–Trinajstić information content (AvgIpc) is 2.83. The molecule has 0 radical (unpaired) electrons. The third kappa shape index (κ3) is 2.88. The molecular formula is C10H15N3O4S. The van der Waals surface area contributed by atoms with Gasteiger partial charge in [0.1, 0.15) is 4.90 Å². The summed E-state index contributed by atoms with van der Waals surface area (Å²) in [6.45, 7) is 0. The van der Waals surface area contributed by atoms with Gasteiger partial charge in [-0.15, -0.1) is 0 Å². The first-order valence-corrected chi connectivity index (χ1v) is 7.21. The molecule has 3 N–H and O–H groups in total. The monoisotopic (exact) mass is 273 g/mol. The smallest absolute Gasteiger partial charge is 0.306 e. The molecule has 0 aliphatic heterocycles. The van der Waals surface area contributed by atoms with Crippen molar-refractivity contribution in [2.75, 3.05) is 0 Å². The van der Waals surface area contributed by atoms with Crippen molar-refractivity contribution in [2.45, 2.75) is 36.6 Å². The Morgan fingerprint density at radius 3 is 2.56 bits per heavy atom. The molecule has 0 spiro atoms. The SMILES string of the molecule is O=C(O)C1CCC(NS(=O)(=O)c2cn[nH]c2)CC1. The summed E-state index contributed by atoms with van der Waals surface area (Å²) < 4.78 is 26.4. The highest BCUT2D eigenvalue weighted by Crippen LogP contribution is 2.25. The van der Waals surface area contributed by atoms with E-state index in [0.29, 0.717) is 25.7 Å². The molecule has 8 heteroatoms. The number of H-pyrrole nitrogens is 1. The van der Waals surface area contributed by atoms with Gasteiger partial charge >= 0.3 is 5.97 Å². The van der Waals surface area contributed by atoms with E-state index in [1.54, 1.807) is 0 Å². The molecule has 1 heterocycles. The molecule has 0 saturated heterocycles. The number of sulfonamides is 1. The Kier molecular flexibility index (Phi) is 3.67. The Labute approximate surface area is 105 Å². The number of aliphatic carboxylic acids is 1. The van der Waals surface area contributed by atoms with Crippen LogP contribution in [-0.2, 0) is 14.8 Å². The zero-order chi connectivity index (χ0) is 13.2. The van der Waals surface area contributed by atoms with E-state index in [-0.39, 0.29) is 16.9 Å². The summed E-state index contributed by atoms with van der Waals surface area (Å²) in [7, 11) is -3.55. The first-order chi connectivity index (χ1) is 8.49. The summed E-state index contributed by atoms with van der Waals surface area (Å²) in [5, 5.41) is 14.9. The summed E-state index contributed by atoms with van der Waals surface area (Å²) in [5.41, 5.74) is 0. The van der Waals surface area contributed by atoms with E-state index in [9.17, 15) is 13.2 Å². The number of carboxylic acids is 1. The van der Waals surface area contributed by atoms with Crippen LogP contribution >= 0.6 is 0 Å². The number of aromatic nitrogens is 2. The molecule has 1 aliphatic rings. The Morgan fingerprint density at radius 2 is 2.06 bits per heavy atom. The number of carbonyl (C=O) groups is 1. The predicted octanol–water partition coefficient (Wildman–Crippen LogP) is 0.331. The number of hydrogen-bond acceptors (Lipinski definition) is 4. The molecule has 0 bridgehead atoms. The lowest BCUT2D eigenvalue weighted by Gasteiger charge is -2.26. The van der Waals surface area contributed by atoms with Gasteiger partial charge in [0.2, 0.25) is 10.0 Å². The molecule has 0 aromatic carbocycles. The molecule has 7 nitrogen and oxygen atoms in total. The molecule has 2 rings (SSSR count). The minimum atomic E-state index is -3.55. The normalized spacial score (nSPS) is 24.9. The van der Waals surface area contributed by atoms with Gasteiger partial charge in [0.15, 0.2) is 0 Å². The quantitative estimate of drug-likeness (QED) is 0.732. The second-order valence-corrected chi connectivity index (χ2v) is 6.16. The van der Waals surface area contributed by atoms with E-state index in [1.807, 2.05) is 0 Å². The van der Waals surface area contributed by atoms with E-state index in [2.05, 4.69) is 14.9 Å². The van der Waals surface area contributed by atoms with E-state index in [4.69, 9.17) is 5.11 Å². The first-order valence-electron chi connectivity index (χ1n) is 5.73. The van der Waals surface area contributed by atoms with Gasteiger partial charge in [0.25, 0.3) is 0 Å². The number of carboxylic acid groups (broad SMARTS) is 1. The van der Waals surface area contributed by atoms with Crippen LogP contribution < -0.4 is 4.72 Å². The summed E-state index contributed by atoms with van der Waals surface area (Å²) in [4.78, 5) is 10.9. The maximum atomic E-state index is 11.9. The van der Waals surface area contributed by atoms with Crippen LogP contribution in [-0.4, -0.2) is 35.7 Å². The summed E-state index contributed by atoms with van der Waals surface area (Å²) in [6.07, 6.45) is 4.67. The molecule has 1 aromatic rings. The van der Waals surface area contributed by atoms with Crippen LogP contribution in [0, 0.1) is 5.92 Å². The molecule has 1 fully saturated rings. The fraction of sp³-hybridized carbons (Fsp3) is 0.600. The topological polar surface area (TPSA) is 112 Å². The minimum absolute atomic E-state index is 0.0999. The molecule has 1 aromatic heterocycles. The third-order valence-corrected chi connectivity index (χ3v) is 4.67. The number of hydrogen-bond donors (Lipinski definition) is 3. The van der Waals surface area contributed by atoms with E-state index < -0.39 is 16.0 Å². The molecule has 1 aliphatic carbocycles. The predicted molar refractivity (Wildman–Crippen MR) is 62.3 cm³/mol. The zero-order valence-corrected chi connectivity index (χ0v) is 10.5. The minimum Gasteiger partial charge on any atom is -0.481 e. The number of nitrogens with one attached hydrogen (secondary N) is 2. The van der Waals surface area contributed by atoms with Crippen molar-refractivity contribution in [1.29, 1.82) is 0 Å². The molecule has 18 heavy (non-hydrogen) atoms. The van der Waals surface area contributed by atoms with Crippen LogP contribution in [0.25, 0.3) is 0 Å².